The van der Waals surface area contributed by atoms with Crippen LogP contribution in [0.5, 0.6) is 0 Å². The molecule has 0 saturated carbocycles. The van der Waals surface area contributed by atoms with Gasteiger partial charge in [-0.1, -0.05) is 137 Å². The second-order valence-corrected chi connectivity index (χ2v) is 28.2. The fourth-order valence-corrected chi connectivity index (χ4v) is 15.2. The minimum atomic E-state index is 0.0344. The molecule has 5 heteroatoms. The molecule has 7 aromatic carbocycles. The molecule has 1 N–H and O–H groups in total. The number of benzene rings is 7. The zero-order chi connectivity index (χ0) is 51.1. The van der Waals surface area contributed by atoms with Crippen LogP contribution in [0.25, 0.3) is 53.2 Å². The molecule has 4 aliphatic rings. The first-order valence-corrected chi connectivity index (χ1v) is 28.2. The lowest BCUT2D eigenvalue weighted by atomic mass is 9.55. The molecule has 0 saturated heterocycles. The largest absolute Gasteiger partial charge is 0.454 e. The molecule has 0 fully saturated rings. The van der Waals surface area contributed by atoms with Crippen LogP contribution >= 0.6 is 11.3 Å². The van der Waals surface area contributed by atoms with Crippen molar-refractivity contribution in [3.63, 3.8) is 0 Å². The lowest BCUT2D eigenvalue weighted by Gasteiger charge is -2.45. The van der Waals surface area contributed by atoms with Crippen molar-refractivity contribution < 1.29 is 4.42 Å². The quantitative estimate of drug-likeness (QED) is 0.178. The number of furan rings is 1. The molecular formula is C68H73BN2OS. The highest BCUT2D eigenvalue weighted by atomic mass is 32.1. The lowest BCUT2D eigenvalue weighted by Crippen LogP contribution is -2.44. The summed E-state index contributed by atoms with van der Waals surface area (Å²) >= 11 is 1.95. The number of nitrogens with one attached hydrogen (secondary N) is 1. The zero-order valence-corrected chi connectivity index (χ0v) is 46.8. The van der Waals surface area contributed by atoms with Crippen molar-refractivity contribution in [2.75, 3.05) is 10.2 Å². The Hall–Kier alpha value is -5.78. The fourth-order valence-electron chi connectivity index (χ4n) is 14.0. The lowest BCUT2D eigenvalue weighted by molar-refractivity contribution is 0.331. The van der Waals surface area contributed by atoms with Crippen molar-refractivity contribution in [3.05, 3.63) is 148 Å². The first-order chi connectivity index (χ1) is 34.4. The van der Waals surface area contributed by atoms with Crippen LogP contribution in [0.2, 0.25) is 0 Å². The Bertz CT molecular complexity index is 3810. The number of hydrogen-bond donors (Lipinski definition) is 1. The van der Waals surface area contributed by atoms with Crippen molar-refractivity contribution in [1.29, 1.82) is 0 Å². The number of hydrogen-bond acceptors (Lipinski definition) is 4. The summed E-state index contributed by atoms with van der Waals surface area (Å²) in [5, 5.41) is 9.06. The Labute approximate surface area is 439 Å². The van der Waals surface area contributed by atoms with Crippen LogP contribution in [-0.4, -0.2) is 7.28 Å². The molecule has 9 aromatic rings. The Morgan fingerprint density at radius 1 is 0.493 bits per heavy atom. The molecule has 13 rings (SSSR count). The van der Waals surface area contributed by atoms with Crippen LogP contribution in [0.4, 0.5) is 28.4 Å². The molecule has 1 aliphatic heterocycles. The SMILES string of the molecule is Cc1ccc(Nc2cc3sc4cc5c(cc4c3cc2-c2cc3c(oc4ccccc43)c3c2Bc2cc4c(cc2N3c2cc3c(cc2C)C(C)(C)CCC3(C)C)C(C)(C)CCC4(C)C)C(C)(C)CCC5(C)C)cc1. The highest BCUT2D eigenvalue weighted by Gasteiger charge is 2.43. The van der Waals surface area contributed by atoms with E-state index in [1.807, 2.05) is 11.3 Å². The van der Waals surface area contributed by atoms with Crippen molar-refractivity contribution >= 4 is 100 Å². The summed E-state index contributed by atoms with van der Waals surface area (Å²) in [4.78, 5) is 2.69. The number of rotatable bonds is 4. The second kappa shape index (κ2) is 15.4. The fraction of sp³-hybridized carbons (Fsp3) is 0.382. The van der Waals surface area contributed by atoms with Gasteiger partial charge in [0.1, 0.15) is 5.58 Å². The third-order valence-electron chi connectivity index (χ3n) is 19.2. The Morgan fingerprint density at radius 3 is 1.63 bits per heavy atom. The predicted octanol–water partition coefficient (Wildman–Crippen LogP) is 18.2. The summed E-state index contributed by atoms with van der Waals surface area (Å²) in [5.41, 5.74) is 25.0. The van der Waals surface area contributed by atoms with Gasteiger partial charge in [-0.05, 0) is 195 Å². The maximum absolute atomic E-state index is 7.31. The van der Waals surface area contributed by atoms with Gasteiger partial charge in [0.2, 0.25) is 0 Å². The molecule has 0 atom stereocenters. The Balaban J connectivity index is 1.16. The van der Waals surface area contributed by atoms with E-state index in [1.165, 1.54) is 129 Å². The number of anilines is 5. The molecule has 0 amide bonds. The standard InChI is InChI=1S/C68H73BN2OS/c1-38-19-21-40(22-20-38)70-54-37-59-43(44-32-48-52(36-58(44)73-59)68(13,14)28-24-64(48,5)6)30-42(54)45-31-46-41-17-15-16-18-57(41)72-62(46)61-60(45)69-53-33-49-51(67(11,12)27-25-65(49,7)8)35-56(53)71(61)55-34-50-47(29-39(55)2)63(3,4)23-26-66(50,9)10/h15-22,29-37,69-70H,23-28H2,1-14H3. The predicted molar refractivity (Wildman–Crippen MR) is 318 cm³/mol. The normalized spacial score (nSPS) is 19.5. The third-order valence-corrected chi connectivity index (χ3v) is 20.4. The minimum Gasteiger partial charge on any atom is -0.454 e. The van der Waals surface area contributed by atoms with Crippen LogP contribution in [-0.2, 0) is 32.5 Å². The Kier molecular flexibility index (Phi) is 9.91. The van der Waals surface area contributed by atoms with Crippen molar-refractivity contribution in [3.8, 4) is 11.1 Å². The van der Waals surface area contributed by atoms with Gasteiger partial charge in [-0.2, -0.15) is 0 Å². The van der Waals surface area contributed by atoms with Crippen LogP contribution in [0.15, 0.2) is 108 Å². The van der Waals surface area contributed by atoms with Gasteiger partial charge in [-0.15, -0.1) is 11.3 Å². The molecule has 0 spiro atoms. The summed E-state index contributed by atoms with van der Waals surface area (Å²) in [6.45, 7) is 34.1. The molecule has 370 valence electrons. The highest BCUT2D eigenvalue weighted by molar-refractivity contribution is 7.25. The summed E-state index contributed by atoms with van der Waals surface area (Å²) in [6.07, 6.45) is 7.07. The number of para-hydroxylation sites is 1. The van der Waals surface area contributed by atoms with E-state index in [4.69, 9.17) is 4.42 Å². The first-order valence-electron chi connectivity index (χ1n) is 27.4. The van der Waals surface area contributed by atoms with E-state index in [9.17, 15) is 0 Å². The third kappa shape index (κ3) is 7.09. The van der Waals surface area contributed by atoms with Gasteiger partial charge in [-0.3, -0.25) is 0 Å². The summed E-state index contributed by atoms with van der Waals surface area (Å²) in [7, 11) is 0.791. The van der Waals surface area contributed by atoms with Gasteiger partial charge in [0.25, 0.3) is 0 Å². The molecule has 3 aliphatic carbocycles. The number of nitrogens with zero attached hydrogens (tertiary/aromatic N) is 1. The van der Waals surface area contributed by atoms with E-state index in [0.29, 0.717) is 0 Å². The maximum Gasteiger partial charge on any atom is 0.198 e. The van der Waals surface area contributed by atoms with Crippen LogP contribution in [0, 0.1) is 13.8 Å². The number of thiophene rings is 1. The average molecular weight is 977 g/mol. The molecule has 0 bridgehead atoms. The highest BCUT2D eigenvalue weighted by Crippen LogP contribution is 2.55. The molecule has 3 nitrogen and oxygen atoms in total. The smallest absolute Gasteiger partial charge is 0.198 e. The second-order valence-electron chi connectivity index (χ2n) is 27.1. The van der Waals surface area contributed by atoms with Gasteiger partial charge in [0, 0.05) is 59.3 Å². The average Bonchev–Trinajstić information content (AvgIpc) is 3.89. The molecular weight excluding hydrogens is 904 g/mol. The topological polar surface area (TPSA) is 28.4 Å². The van der Waals surface area contributed by atoms with E-state index >= 15 is 0 Å². The van der Waals surface area contributed by atoms with Gasteiger partial charge in [0.05, 0.1) is 5.69 Å². The van der Waals surface area contributed by atoms with Gasteiger partial charge < -0.3 is 14.6 Å². The van der Waals surface area contributed by atoms with Crippen LogP contribution < -0.4 is 21.1 Å². The van der Waals surface area contributed by atoms with Crippen LogP contribution in [0.3, 0.4) is 0 Å². The van der Waals surface area contributed by atoms with Crippen LogP contribution in [0.1, 0.15) is 166 Å². The summed E-state index contributed by atoms with van der Waals surface area (Å²) in [6, 6.07) is 40.8. The van der Waals surface area contributed by atoms with E-state index in [0.717, 1.165) is 53.4 Å². The Morgan fingerprint density at radius 2 is 1.00 bits per heavy atom. The molecule has 0 radical (unpaired) electrons. The van der Waals surface area contributed by atoms with E-state index in [-0.39, 0.29) is 32.5 Å². The number of aryl methyl sites for hydroxylation is 2. The van der Waals surface area contributed by atoms with Crippen molar-refractivity contribution in [1.82, 2.24) is 0 Å². The van der Waals surface area contributed by atoms with E-state index in [1.54, 1.807) is 0 Å². The van der Waals surface area contributed by atoms with Gasteiger partial charge >= 0.3 is 0 Å². The van der Waals surface area contributed by atoms with Crippen molar-refractivity contribution in [2.24, 2.45) is 0 Å². The van der Waals surface area contributed by atoms with Gasteiger partial charge in [-0.25, -0.2) is 0 Å². The zero-order valence-electron chi connectivity index (χ0n) is 46.0. The monoisotopic (exact) mass is 977 g/mol. The summed E-state index contributed by atoms with van der Waals surface area (Å²) in [5.74, 6) is 0. The number of fused-ring (bicyclic) bond motifs is 12. The van der Waals surface area contributed by atoms with Gasteiger partial charge in [0.15, 0.2) is 12.9 Å². The van der Waals surface area contributed by atoms with E-state index in [2.05, 4.69) is 210 Å². The summed E-state index contributed by atoms with van der Waals surface area (Å²) < 4.78 is 10.00. The first kappa shape index (κ1) is 47.0. The molecule has 3 heterocycles. The maximum atomic E-state index is 7.31. The minimum absolute atomic E-state index is 0.0344. The molecule has 2 aromatic heterocycles. The molecule has 73 heavy (non-hydrogen) atoms. The van der Waals surface area contributed by atoms with E-state index < -0.39 is 0 Å². The van der Waals surface area contributed by atoms with Crippen molar-refractivity contribution in [2.45, 2.75) is 168 Å². The molecule has 0 unspecified atom stereocenters.